The van der Waals surface area contributed by atoms with Crippen molar-refractivity contribution in [2.75, 3.05) is 17.8 Å². The second kappa shape index (κ2) is 8.08. The molecular weight excluding hydrogens is 419 g/mol. The summed E-state index contributed by atoms with van der Waals surface area (Å²) in [6, 6.07) is 12.4. The maximum atomic E-state index is 12.9. The van der Waals surface area contributed by atoms with Gasteiger partial charge in [0.25, 0.3) is 0 Å². The van der Waals surface area contributed by atoms with Crippen molar-refractivity contribution in [2.45, 2.75) is 5.25 Å². The molecule has 0 aliphatic rings. The Morgan fingerprint density at radius 2 is 1.19 bits per heavy atom. The quantitative estimate of drug-likeness (QED) is 0.667. The molecule has 0 saturated carbocycles. The van der Waals surface area contributed by atoms with Crippen molar-refractivity contribution in [3.63, 3.8) is 0 Å². The lowest BCUT2D eigenvalue weighted by Gasteiger charge is -2.18. The highest BCUT2D eigenvalue weighted by atomic mass is 35.5. The largest absolute Gasteiger partial charge is 0.297 e. The summed E-state index contributed by atoms with van der Waals surface area (Å²) in [5, 5.41) is -0.260. The summed E-state index contributed by atoms with van der Waals surface area (Å²) in [5.41, 5.74) is 0.841. The predicted molar refractivity (Wildman–Crippen MR) is 103 cm³/mol. The predicted octanol–water partition coefficient (Wildman–Crippen LogP) is 3.11. The van der Waals surface area contributed by atoms with Gasteiger partial charge in [-0.05, 0) is 35.4 Å². The second-order valence-corrected chi connectivity index (χ2v) is 11.0. The van der Waals surface area contributed by atoms with Gasteiger partial charge in [0, 0.05) is 16.3 Å². The maximum absolute atomic E-state index is 12.9. The number of hydrogen-bond acceptors (Lipinski definition) is 5. The van der Waals surface area contributed by atoms with Crippen LogP contribution in [0.3, 0.4) is 0 Å². The molecular formula is C17H16Cl2O5S2. The number of hydrogen-bond donors (Lipinski definition) is 0. The van der Waals surface area contributed by atoms with E-state index in [-0.39, 0.29) is 0 Å². The van der Waals surface area contributed by atoms with E-state index in [1.165, 1.54) is 0 Å². The molecule has 0 N–H and O–H groups in total. The number of carbonyl (C=O) groups is 1. The molecule has 2 rings (SSSR count). The third-order valence-electron chi connectivity index (χ3n) is 3.49. The van der Waals surface area contributed by atoms with Crippen LogP contribution in [-0.4, -0.2) is 40.4 Å². The van der Waals surface area contributed by atoms with Crippen LogP contribution in [-0.2, 0) is 24.5 Å². The number of rotatable bonds is 7. The van der Waals surface area contributed by atoms with Crippen molar-refractivity contribution < 1.29 is 21.6 Å². The normalized spacial score (nSPS) is 12.3. The van der Waals surface area contributed by atoms with Gasteiger partial charge >= 0.3 is 0 Å². The van der Waals surface area contributed by atoms with E-state index in [0.29, 0.717) is 21.2 Å². The highest BCUT2D eigenvalue weighted by Gasteiger charge is 2.32. The summed E-state index contributed by atoms with van der Waals surface area (Å²) in [4.78, 5) is 11.9. The summed E-state index contributed by atoms with van der Waals surface area (Å²) in [7, 11) is -7.64. The monoisotopic (exact) mass is 434 g/mol. The number of carbonyl (C=O) groups excluding carboxylic acids is 1. The number of sulfone groups is 2. The first-order valence-corrected chi connectivity index (χ1v) is 11.9. The standard InChI is InChI=1S/C17H16Cl2O5S2/c1-25(21,22)10-16(20)11-26(23,24)17(12-2-6-14(18)7-3-12)13-4-8-15(19)9-5-13/h2-9,17H,10-11H2,1H3. The molecule has 0 amide bonds. The van der Waals surface area contributed by atoms with Gasteiger partial charge in [-0.1, -0.05) is 47.5 Å². The van der Waals surface area contributed by atoms with Crippen LogP contribution in [0.2, 0.25) is 10.0 Å². The summed E-state index contributed by atoms with van der Waals surface area (Å²) < 4.78 is 48.4. The van der Waals surface area contributed by atoms with E-state index in [4.69, 9.17) is 23.2 Å². The van der Waals surface area contributed by atoms with Crippen LogP contribution < -0.4 is 0 Å². The number of halogens is 2. The van der Waals surface area contributed by atoms with Gasteiger partial charge in [-0.2, -0.15) is 0 Å². The smallest absolute Gasteiger partial charge is 0.168 e. The zero-order valence-electron chi connectivity index (χ0n) is 13.7. The third kappa shape index (κ3) is 5.81. The van der Waals surface area contributed by atoms with E-state index in [9.17, 15) is 21.6 Å². The molecule has 0 aliphatic heterocycles. The van der Waals surface area contributed by atoms with Crippen molar-refractivity contribution in [1.29, 1.82) is 0 Å². The van der Waals surface area contributed by atoms with Gasteiger partial charge in [-0.25, -0.2) is 16.8 Å². The van der Waals surface area contributed by atoms with Crippen molar-refractivity contribution in [3.8, 4) is 0 Å². The molecule has 2 aromatic carbocycles. The van der Waals surface area contributed by atoms with Gasteiger partial charge in [0.15, 0.2) is 25.5 Å². The average molecular weight is 435 g/mol. The van der Waals surface area contributed by atoms with Crippen LogP contribution >= 0.6 is 23.2 Å². The van der Waals surface area contributed by atoms with E-state index in [1.54, 1.807) is 48.5 Å². The minimum atomic E-state index is -4.03. The van der Waals surface area contributed by atoms with E-state index >= 15 is 0 Å². The molecule has 26 heavy (non-hydrogen) atoms. The van der Waals surface area contributed by atoms with Gasteiger partial charge in [-0.15, -0.1) is 0 Å². The fourth-order valence-corrected chi connectivity index (χ4v) is 5.45. The van der Waals surface area contributed by atoms with Crippen molar-refractivity contribution >= 4 is 48.7 Å². The molecule has 0 unspecified atom stereocenters. The van der Waals surface area contributed by atoms with Gasteiger partial charge in [0.2, 0.25) is 0 Å². The number of Topliss-reactive ketones (excluding diaryl/α,β-unsaturated/α-hetero) is 1. The van der Waals surface area contributed by atoms with E-state index in [1.807, 2.05) is 0 Å². The number of benzene rings is 2. The lowest BCUT2D eigenvalue weighted by atomic mass is 10.0. The molecule has 0 spiro atoms. The first-order valence-electron chi connectivity index (χ1n) is 7.40. The zero-order valence-corrected chi connectivity index (χ0v) is 16.9. The summed E-state index contributed by atoms with van der Waals surface area (Å²) in [6.07, 6.45) is 0.882. The highest BCUT2D eigenvalue weighted by Crippen LogP contribution is 2.32. The van der Waals surface area contributed by atoms with Crippen LogP contribution in [0, 0.1) is 0 Å². The Labute approximate surface area is 162 Å². The Bertz CT molecular complexity index is 951. The molecule has 0 fully saturated rings. The Morgan fingerprint density at radius 1 is 0.808 bits per heavy atom. The molecule has 0 aliphatic carbocycles. The lowest BCUT2D eigenvalue weighted by Crippen LogP contribution is -2.27. The average Bonchev–Trinajstić information content (AvgIpc) is 2.48. The SMILES string of the molecule is CS(=O)(=O)CC(=O)CS(=O)(=O)C(c1ccc(Cl)cc1)c1ccc(Cl)cc1. The molecule has 0 saturated heterocycles. The molecule has 0 heterocycles. The first kappa shape index (κ1) is 20.9. The van der Waals surface area contributed by atoms with Gasteiger partial charge in [-0.3, -0.25) is 4.79 Å². The Morgan fingerprint density at radius 3 is 1.54 bits per heavy atom. The third-order valence-corrected chi connectivity index (χ3v) is 6.83. The van der Waals surface area contributed by atoms with Gasteiger partial charge < -0.3 is 0 Å². The zero-order chi connectivity index (χ0) is 19.5. The van der Waals surface area contributed by atoms with Crippen LogP contribution in [0.1, 0.15) is 16.4 Å². The molecule has 0 atom stereocenters. The Kier molecular flexibility index (Phi) is 6.50. The summed E-state index contributed by atoms with van der Waals surface area (Å²) in [5.74, 6) is -2.57. The summed E-state index contributed by atoms with van der Waals surface area (Å²) in [6.45, 7) is 0. The van der Waals surface area contributed by atoms with Gasteiger partial charge in [0.05, 0.1) is 0 Å². The van der Waals surface area contributed by atoms with Crippen LogP contribution in [0.25, 0.3) is 0 Å². The molecule has 2 aromatic rings. The number of ketones is 1. The lowest BCUT2D eigenvalue weighted by molar-refractivity contribution is -0.114. The van der Waals surface area contributed by atoms with Crippen molar-refractivity contribution in [3.05, 3.63) is 69.7 Å². The summed E-state index contributed by atoms with van der Waals surface area (Å²) >= 11 is 11.7. The topological polar surface area (TPSA) is 85.3 Å². The second-order valence-electron chi connectivity index (χ2n) is 5.90. The Balaban J connectivity index is 2.47. The minimum absolute atomic E-state index is 0.420. The van der Waals surface area contributed by atoms with E-state index in [0.717, 1.165) is 6.26 Å². The van der Waals surface area contributed by atoms with Crippen LogP contribution in [0.4, 0.5) is 0 Å². The van der Waals surface area contributed by atoms with Crippen LogP contribution in [0.15, 0.2) is 48.5 Å². The van der Waals surface area contributed by atoms with Crippen molar-refractivity contribution in [1.82, 2.24) is 0 Å². The molecule has 0 radical (unpaired) electrons. The Hall–Kier alpha value is -1.41. The minimum Gasteiger partial charge on any atom is -0.297 e. The van der Waals surface area contributed by atoms with Gasteiger partial charge in [0.1, 0.15) is 16.8 Å². The van der Waals surface area contributed by atoms with E-state index in [2.05, 4.69) is 0 Å². The molecule has 9 heteroatoms. The molecule has 0 bridgehead atoms. The maximum Gasteiger partial charge on any atom is 0.168 e. The van der Waals surface area contributed by atoms with E-state index < -0.39 is 42.2 Å². The van der Waals surface area contributed by atoms with Crippen LogP contribution in [0.5, 0.6) is 0 Å². The molecule has 140 valence electrons. The highest BCUT2D eigenvalue weighted by molar-refractivity contribution is 7.93. The fourth-order valence-electron chi connectivity index (χ4n) is 2.52. The molecule has 0 aromatic heterocycles. The first-order chi connectivity index (χ1) is 12.0. The fraction of sp³-hybridized carbons (Fsp3) is 0.235. The molecule has 5 nitrogen and oxygen atoms in total. The van der Waals surface area contributed by atoms with Crippen molar-refractivity contribution in [2.24, 2.45) is 0 Å².